The molecule has 0 aliphatic carbocycles. The molecule has 1 aromatic carbocycles. The third kappa shape index (κ3) is 3.73. The van der Waals surface area contributed by atoms with E-state index in [1.54, 1.807) is 31.4 Å². The standard InChI is InChI=1S/C11H13BrO4/c1-15-8-2-4-9(5-3-8)16-10(6-7-12)11(13)14/h2-5,10H,6-7H2,1H3,(H,13,14)/p-1. The number of hydrogen-bond donors (Lipinski definition) is 0. The molecule has 4 nitrogen and oxygen atoms in total. The zero-order valence-electron chi connectivity index (χ0n) is 8.81. The Kier molecular flexibility index (Phi) is 5.11. The summed E-state index contributed by atoms with van der Waals surface area (Å²) in [5.41, 5.74) is 0. The lowest BCUT2D eigenvalue weighted by molar-refractivity contribution is -0.313. The quantitative estimate of drug-likeness (QED) is 0.732. The molecule has 88 valence electrons. The monoisotopic (exact) mass is 287 g/mol. The molecular formula is C11H12BrO4-. The summed E-state index contributed by atoms with van der Waals surface area (Å²) in [6.07, 6.45) is -0.582. The summed E-state index contributed by atoms with van der Waals surface area (Å²) >= 11 is 3.16. The van der Waals surface area contributed by atoms with E-state index in [0.29, 0.717) is 23.2 Å². The number of carbonyl (C=O) groups excluding carboxylic acids is 1. The van der Waals surface area contributed by atoms with E-state index in [-0.39, 0.29) is 0 Å². The van der Waals surface area contributed by atoms with Crippen LogP contribution in [-0.2, 0) is 4.79 Å². The molecule has 0 radical (unpaired) electrons. The van der Waals surface area contributed by atoms with Gasteiger partial charge in [0.05, 0.1) is 13.1 Å². The molecule has 0 fully saturated rings. The molecule has 0 aliphatic heterocycles. The summed E-state index contributed by atoms with van der Waals surface area (Å²) in [6, 6.07) is 6.72. The molecule has 1 aromatic rings. The zero-order valence-corrected chi connectivity index (χ0v) is 10.4. The van der Waals surface area contributed by atoms with Crippen molar-refractivity contribution in [1.82, 2.24) is 0 Å². The molecule has 0 aliphatic rings. The first-order valence-electron chi connectivity index (χ1n) is 4.75. The highest BCUT2D eigenvalue weighted by Gasteiger charge is 2.10. The van der Waals surface area contributed by atoms with Gasteiger partial charge in [-0.1, -0.05) is 15.9 Å². The van der Waals surface area contributed by atoms with Crippen molar-refractivity contribution in [3.05, 3.63) is 24.3 Å². The Morgan fingerprint density at radius 2 is 1.94 bits per heavy atom. The number of carboxylic acids is 1. The number of ether oxygens (including phenoxy) is 2. The molecule has 1 unspecified atom stereocenters. The van der Waals surface area contributed by atoms with E-state index in [0.717, 1.165) is 0 Å². The van der Waals surface area contributed by atoms with Gasteiger partial charge in [-0.25, -0.2) is 0 Å². The van der Waals surface area contributed by atoms with Crippen LogP contribution >= 0.6 is 15.9 Å². The highest BCUT2D eigenvalue weighted by molar-refractivity contribution is 9.09. The number of rotatable bonds is 6. The molecule has 0 aromatic heterocycles. The Hall–Kier alpha value is -1.23. The molecule has 16 heavy (non-hydrogen) atoms. The molecule has 0 saturated heterocycles. The smallest absolute Gasteiger partial charge is 0.139 e. The van der Waals surface area contributed by atoms with Crippen molar-refractivity contribution in [2.24, 2.45) is 0 Å². The van der Waals surface area contributed by atoms with Gasteiger partial charge in [-0.15, -0.1) is 0 Å². The molecule has 0 bridgehead atoms. The Bertz CT molecular complexity index is 336. The molecular weight excluding hydrogens is 276 g/mol. The van der Waals surface area contributed by atoms with Gasteiger partial charge in [0.2, 0.25) is 0 Å². The van der Waals surface area contributed by atoms with Gasteiger partial charge in [-0.3, -0.25) is 0 Å². The fourth-order valence-electron chi connectivity index (χ4n) is 1.14. The van der Waals surface area contributed by atoms with Crippen LogP contribution in [0.5, 0.6) is 11.5 Å². The first kappa shape index (κ1) is 12.8. The molecule has 0 saturated carbocycles. The summed E-state index contributed by atoms with van der Waals surface area (Å²) in [6.45, 7) is 0. The number of halogens is 1. The molecule has 0 N–H and O–H groups in total. The number of carbonyl (C=O) groups is 1. The summed E-state index contributed by atoms with van der Waals surface area (Å²) in [5, 5.41) is 11.3. The highest BCUT2D eigenvalue weighted by atomic mass is 79.9. The lowest BCUT2D eigenvalue weighted by Crippen LogP contribution is -2.39. The van der Waals surface area contributed by atoms with E-state index in [1.807, 2.05) is 0 Å². The Balaban J connectivity index is 2.65. The minimum atomic E-state index is -1.21. The molecule has 1 atom stereocenters. The van der Waals surface area contributed by atoms with Crippen LogP contribution in [0.25, 0.3) is 0 Å². The largest absolute Gasteiger partial charge is 0.546 e. The van der Waals surface area contributed by atoms with Gasteiger partial charge < -0.3 is 19.4 Å². The Morgan fingerprint density at radius 1 is 1.38 bits per heavy atom. The maximum atomic E-state index is 10.7. The number of hydrogen-bond acceptors (Lipinski definition) is 4. The average molecular weight is 288 g/mol. The van der Waals surface area contributed by atoms with Crippen molar-refractivity contribution in [1.29, 1.82) is 0 Å². The second kappa shape index (κ2) is 6.37. The third-order valence-electron chi connectivity index (χ3n) is 1.97. The van der Waals surface area contributed by atoms with E-state index in [1.165, 1.54) is 0 Å². The van der Waals surface area contributed by atoms with Crippen LogP contribution in [0.1, 0.15) is 6.42 Å². The Labute approximate surface area is 102 Å². The molecule has 0 amide bonds. The second-order valence-electron chi connectivity index (χ2n) is 3.08. The number of carboxylic acid groups (broad SMARTS) is 1. The SMILES string of the molecule is COc1ccc(OC(CCBr)C(=O)[O-])cc1. The van der Waals surface area contributed by atoms with Crippen LogP contribution in [0.3, 0.4) is 0 Å². The van der Waals surface area contributed by atoms with Gasteiger partial charge in [0.15, 0.2) is 0 Å². The van der Waals surface area contributed by atoms with E-state index >= 15 is 0 Å². The minimum Gasteiger partial charge on any atom is -0.546 e. The van der Waals surface area contributed by atoms with Crippen LogP contribution in [-0.4, -0.2) is 24.5 Å². The fraction of sp³-hybridized carbons (Fsp3) is 0.364. The fourth-order valence-corrected chi connectivity index (χ4v) is 1.56. The van der Waals surface area contributed by atoms with Crippen molar-refractivity contribution >= 4 is 21.9 Å². The van der Waals surface area contributed by atoms with Crippen molar-refractivity contribution < 1.29 is 19.4 Å². The van der Waals surface area contributed by atoms with Crippen LogP contribution in [0, 0.1) is 0 Å². The normalized spacial score (nSPS) is 11.9. The maximum absolute atomic E-state index is 10.7. The van der Waals surface area contributed by atoms with E-state index in [2.05, 4.69) is 15.9 Å². The van der Waals surface area contributed by atoms with Crippen LogP contribution < -0.4 is 14.6 Å². The topological polar surface area (TPSA) is 58.6 Å². The number of alkyl halides is 1. The summed E-state index contributed by atoms with van der Waals surface area (Å²) in [7, 11) is 1.56. The lowest BCUT2D eigenvalue weighted by atomic mass is 10.2. The van der Waals surface area contributed by atoms with Crippen LogP contribution in [0.15, 0.2) is 24.3 Å². The highest BCUT2D eigenvalue weighted by Crippen LogP contribution is 2.18. The summed E-state index contributed by atoms with van der Waals surface area (Å²) in [5.74, 6) is -0.0379. The van der Waals surface area contributed by atoms with Gasteiger partial charge in [-0.2, -0.15) is 0 Å². The predicted octanol–water partition coefficient (Wildman–Crippen LogP) is 0.978. The van der Waals surface area contributed by atoms with Crippen molar-refractivity contribution in [2.75, 3.05) is 12.4 Å². The second-order valence-corrected chi connectivity index (χ2v) is 3.87. The van der Waals surface area contributed by atoms with Gasteiger partial charge >= 0.3 is 0 Å². The van der Waals surface area contributed by atoms with E-state index in [4.69, 9.17) is 9.47 Å². The summed E-state index contributed by atoms with van der Waals surface area (Å²) in [4.78, 5) is 10.7. The lowest BCUT2D eigenvalue weighted by Gasteiger charge is -2.19. The van der Waals surface area contributed by atoms with Gasteiger partial charge in [-0.05, 0) is 30.7 Å². The van der Waals surface area contributed by atoms with Gasteiger partial charge in [0, 0.05) is 5.33 Å². The first-order valence-corrected chi connectivity index (χ1v) is 5.87. The van der Waals surface area contributed by atoms with E-state index in [9.17, 15) is 9.90 Å². The van der Waals surface area contributed by atoms with Crippen molar-refractivity contribution in [2.45, 2.75) is 12.5 Å². The molecule has 5 heteroatoms. The maximum Gasteiger partial charge on any atom is 0.139 e. The zero-order chi connectivity index (χ0) is 12.0. The Morgan fingerprint density at radius 3 is 2.38 bits per heavy atom. The molecule has 1 rings (SSSR count). The minimum absolute atomic E-state index is 0.356. The molecule has 0 heterocycles. The molecule has 0 spiro atoms. The van der Waals surface area contributed by atoms with Crippen molar-refractivity contribution in [3.63, 3.8) is 0 Å². The van der Waals surface area contributed by atoms with Crippen molar-refractivity contribution in [3.8, 4) is 11.5 Å². The van der Waals surface area contributed by atoms with E-state index < -0.39 is 12.1 Å². The number of methoxy groups -OCH3 is 1. The average Bonchev–Trinajstić information content (AvgIpc) is 2.29. The van der Waals surface area contributed by atoms with Crippen LogP contribution in [0.4, 0.5) is 0 Å². The predicted molar refractivity (Wildman–Crippen MR) is 60.8 cm³/mol. The number of benzene rings is 1. The van der Waals surface area contributed by atoms with Gasteiger partial charge in [0.1, 0.15) is 17.6 Å². The third-order valence-corrected chi connectivity index (χ3v) is 2.43. The first-order chi connectivity index (χ1) is 7.67. The summed E-state index contributed by atoms with van der Waals surface area (Å²) < 4.78 is 10.2. The van der Waals surface area contributed by atoms with Gasteiger partial charge in [0.25, 0.3) is 0 Å². The number of aliphatic carboxylic acids is 1. The van der Waals surface area contributed by atoms with Crippen LogP contribution in [0.2, 0.25) is 0 Å².